The molecule has 0 bridgehead atoms. The van der Waals surface area contributed by atoms with Gasteiger partial charge in [0.15, 0.2) is 0 Å². The van der Waals surface area contributed by atoms with Crippen LogP contribution < -0.4 is 11.1 Å². The van der Waals surface area contributed by atoms with Gasteiger partial charge in [-0.2, -0.15) is 4.37 Å². The maximum Gasteiger partial charge on any atom is 0.276 e. The first-order valence-corrected chi connectivity index (χ1v) is 5.26. The number of nitrogens with zero attached hydrogens (tertiary/aromatic N) is 3. The number of rotatable bonds is 2. The summed E-state index contributed by atoms with van der Waals surface area (Å²) < 4.78 is 3.95. The molecule has 7 heteroatoms. The predicted molar refractivity (Wildman–Crippen MR) is 61.2 cm³/mol. The minimum absolute atomic E-state index is 0.257. The zero-order chi connectivity index (χ0) is 11.5. The first-order valence-electron chi connectivity index (χ1n) is 4.49. The van der Waals surface area contributed by atoms with Crippen LogP contribution in [-0.2, 0) is 0 Å². The average Bonchev–Trinajstić information content (AvgIpc) is 2.64. The Bertz CT molecular complexity index is 524. The molecule has 0 saturated carbocycles. The summed E-state index contributed by atoms with van der Waals surface area (Å²) in [5.41, 5.74) is 5.73. The van der Waals surface area contributed by atoms with Gasteiger partial charge < -0.3 is 5.73 Å². The van der Waals surface area contributed by atoms with Crippen molar-refractivity contribution in [2.24, 2.45) is 0 Å². The number of anilines is 2. The lowest BCUT2D eigenvalue weighted by Gasteiger charge is -2.00. The topological polar surface area (TPSA) is 93.8 Å². The van der Waals surface area contributed by atoms with Crippen molar-refractivity contribution in [3.63, 3.8) is 0 Å². The molecule has 0 aliphatic heterocycles. The van der Waals surface area contributed by atoms with Crippen molar-refractivity contribution in [1.82, 2.24) is 14.3 Å². The van der Waals surface area contributed by atoms with E-state index in [2.05, 4.69) is 19.7 Å². The number of nitrogens with one attached hydrogen (secondary N) is 1. The Morgan fingerprint density at radius 3 is 2.88 bits per heavy atom. The van der Waals surface area contributed by atoms with E-state index >= 15 is 0 Å². The molecule has 0 aliphatic rings. The van der Waals surface area contributed by atoms with Crippen LogP contribution in [0, 0.1) is 6.92 Å². The highest BCUT2D eigenvalue weighted by molar-refractivity contribution is 7.09. The van der Waals surface area contributed by atoms with Crippen LogP contribution >= 0.6 is 11.5 Å². The number of nitrogen functional groups attached to an aromatic ring is 1. The van der Waals surface area contributed by atoms with E-state index in [0.717, 1.165) is 11.5 Å². The Labute approximate surface area is 95.7 Å². The first-order chi connectivity index (χ1) is 7.65. The third-order valence-electron chi connectivity index (χ3n) is 1.75. The van der Waals surface area contributed by atoms with Gasteiger partial charge >= 0.3 is 0 Å². The Morgan fingerprint density at radius 2 is 2.25 bits per heavy atom. The van der Waals surface area contributed by atoms with Crippen molar-refractivity contribution in [2.75, 3.05) is 11.1 Å². The van der Waals surface area contributed by atoms with Gasteiger partial charge in [-0.1, -0.05) is 6.07 Å². The Balaban J connectivity index is 2.14. The first kappa shape index (κ1) is 10.5. The molecule has 2 aromatic rings. The van der Waals surface area contributed by atoms with Gasteiger partial charge in [0, 0.05) is 11.5 Å². The number of nitrogens with two attached hydrogens (primary N) is 1. The van der Waals surface area contributed by atoms with Gasteiger partial charge in [0.1, 0.15) is 17.3 Å². The molecule has 0 spiro atoms. The molecule has 0 radical (unpaired) electrons. The summed E-state index contributed by atoms with van der Waals surface area (Å²) in [5, 5.41) is 3.04. The van der Waals surface area contributed by atoms with Crippen LogP contribution in [0.4, 0.5) is 10.9 Å². The molecular weight excluding hydrogens is 226 g/mol. The number of amides is 1. The van der Waals surface area contributed by atoms with Crippen LogP contribution in [0.25, 0.3) is 0 Å². The molecule has 2 heterocycles. The summed E-state index contributed by atoms with van der Waals surface area (Å²) in [6.07, 6.45) is 0. The monoisotopic (exact) mass is 235 g/mol. The second-order valence-corrected chi connectivity index (χ2v) is 3.80. The van der Waals surface area contributed by atoms with Crippen molar-refractivity contribution >= 4 is 28.4 Å². The molecule has 0 saturated heterocycles. The van der Waals surface area contributed by atoms with E-state index in [1.165, 1.54) is 0 Å². The summed E-state index contributed by atoms with van der Waals surface area (Å²) in [6, 6.07) is 4.87. The molecular formula is C9H9N5OS. The lowest BCUT2D eigenvalue weighted by atomic mass is 10.3. The van der Waals surface area contributed by atoms with E-state index in [1.807, 2.05) is 0 Å². The summed E-state index contributed by atoms with van der Waals surface area (Å²) in [4.78, 5) is 19.6. The van der Waals surface area contributed by atoms with E-state index < -0.39 is 0 Å². The molecule has 6 nitrogen and oxygen atoms in total. The molecule has 0 aliphatic carbocycles. The summed E-state index contributed by atoms with van der Waals surface area (Å²) in [6.45, 7) is 1.75. The molecule has 1 amide bonds. The van der Waals surface area contributed by atoms with Gasteiger partial charge in [-0.15, -0.1) is 0 Å². The molecule has 0 aromatic carbocycles. The quantitative estimate of drug-likeness (QED) is 0.812. The van der Waals surface area contributed by atoms with Crippen molar-refractivity contribution in [3.05, 3.63) is 29.7 Å². The molecule has 0 unspecified atom stereocenters. The van der Waals surface area contributed by atoms with E-state index in [4.69, 9.17) is 5.73 Å². The largest absolute Gasteiger partial charge is 0.384 e. The van der Waals surface area contributed by atoms with Crippen LogP contribution in [0.2, 0.25) is 0 Å². The van der Waals surface area contributed by atoms with E-state index in [9.17, 15) is 4.79 Å². The highest BCUT2D eigenvalue weighted by Gasteiger charge is 2.10. The van der Waals surface area contributed by atoms with Crippen molar-refractivity contribution in [1.29, 1.82) is 0 Å². The number of carbonyl (C=O) groups is 1. The van der Waals surface area contributed by atoms with Gasteiger partial charge in [0.25, 0.3) is 5.91 Å². The predicted octanol–water partition coefficient (Wildman–Crippen LogP) is 1.08. The standard InChI is InChI=1S/C9H9N5OS/c1-5-11-9(16-14-5)13-8(15)6-3-2-4-7(10)12-6/h2-4H,1H3,(H2,10,12)(H,11,13,14,15). The van der Waals surface area contributed by atoms with Gasteiger partial charge in [-0.3, -0.25) is 10.1 Å². The van der Waals surface area contributed by atoms with Crippen LogP contribution in [0.5, 0.6) is 0 Å². The second kappa shape index (κ2) is 4.23. The second-order valence-electron chi connectivity index (χ2n) is 3.05. The van der Waals surface area contributed by atoms with Gasteiger partial charge in [-0.05, 0) is 19.1 Å². The summed E-state index contributed by atoms with van der Waals surface area (Å²) in [5.74, 6) is 0.588. The third kappa shape index (κ3) is 2.31. The van der Waals surface area contributed by atoms with Crippen LogP contribution in [0.15, 0.2) is 18.2 Å². The zero-order valence-corrected chi connectivity index (χ0v) is 9.28. The van der Waals surface area contributed by atoms with Gasteiger partial charge in [-0.25, -0.2) is 9.97 Å². The average molecular weight is 235 g/mol. The fourth-order valence-electron chi connectivity index (χ4n) is 1.09. The smallest absolute Gasteiger partial charge is 0.276 e. The number of pyridine rings is 1. The molecule has 0 fully saturated rings. The number of carbonyl (C=O) groups excluding carboxylic acids is 1. The van der Waals surface area contributed by atoms with Crippen molar-refractivity contribution in [2.45, 2.75) is 6.92 Å². The lowest BCUT2D eigenvalue weighted by molar-refractivity contribution is 0.102. The fourth-order valence-corrected chi connectivity index (χ4v) is 1.66. The minimum atomic E-state index is -0.344. The molecule has 16 heavy (non-hydrogen) atoms. The van der Waals surface area contributed by atoms with Crippen LogP contribution in [0.3, 0.4) is 0 Å². The number of aromatic nitrogens is 3. The van der Waals surface area contributed by atoms with E-state index in [-0.39, 0.29) is 11.6 Å². The third-order valence-corrected chi connectivity index (χ3v) is 2.47. The van der Waals surface area contributed by atoms with Crippen molar-refractivity contribution < 1.29 is 4.79 Å². The Kier molecular flexibility index (Phi) is 2.78. The number of aryl methyl sites for hydroxylation is 1. The Morgan fingerprint density at radius 1 is 1.44 bits per heavy atom. The SMILES string of the molecule is Cc1nsc(NC(=O)c2cccc(N)n2)n1. The highest BCUT2D eigenvalue weighted by Crippen LogP contribution is 2.11. The lowest BCUT2D eigenvalue weighted by Crippen LogP contribution is -2.14. The molecule has 3 N–H and O–H groups in total. The summed E-state index contributed by atoms with van der Waals surface area (Å²) >= 11 is 1.12. The van der Waals surface area contributed by atoms with Crippen LogP contribution in [0.1, 0.15) is 16.3 Å². The van der Waals surface area contributed by atoms with E-state index in [0.29, 0.717) is 16.8 Å². The maximum atomic E-state index is 11.7. The summed E-state index contributed by atoms with van der Waals surface area (Å²) in [7, 11) is 0. The zero-order valence-electron chi connectivity index (χ0n) is 8.47. The van der Waals surface area contributed by atoms with Gasteiger partial charge in [0.05, 0.1) is 0 Å². The van der Waals surface area contributed by atoms with Gasteiger partial charge in [0.2, 0.25) is 5.13 Å². The minimum Gasteiger partial charge on any atom is -0.384 e. The van der Waals surface area contributed by atoms with Crippen LogP contribution in [-0.4, -0.2) is 20.2 Å². The van der Waals surface area contributed by atoms with Crippen molar-refractivity contribution in [3.8, 4) is 0 Å². The normalized spacial score (nSPS) is 10.1. The molecule has 0 atom stereocenters. The molecule has 2 rings (SSSR count). The fraction of sp³-hybridized carbons (Fsp3) is 0.111. The van der Waals surface area contributed by atoms with E-state index in [1.54, 1.807) is 25.1 Å². The number of hydrogen-bond donors (Lipinski definition) is 2. The molecule has 82 valence electrons. The maximum absolute atomic E-state index is 11.7. The molecule has 2 aromatic heterocycles. The number of hydrogen-bond acceptors (Lipinski definition) is 6. The Hall–Kier alpha value is -2.02. The highest BCUT2D eigenvalue weighted by atomic mass is 32.1.